The van der Waals surface area contributed by atoms with Crippen molar-refractivity contribution in [1.29, 1.82) is 0 Å². The highest BCUT2D eigenvalue weighted by molar-refractivity contribution is 5.92. The molecule has 0 saturated carbocycles. The van der Waals surface area contributed by atoms with E-state index in [2.05, 4.69) is 43.5 Å². The first-order chi connectivity index (χ1) is 8.40. The molecule has 1 rings (SSSR count). The molecule has 3 heteroatoms. The molecule has 1 aromatic carbocycles. The van der Waals surface area contributed by atoms with E-state index in [0.29, 0.717) is 19.0 Å². The maximum atomic E-state index is 11.8. The number of hydrogen-bond donors (Lipinski definition) is 2. The number of nitrogens with one attached hydrogen (secondary N) is 2. The summed E-state index contributed by atoms with van der Waals surface area (Å²) in [5.74, 6) is 0.0678. The third-order valence-corrected chi connectivity index (χ3v) is 2.85. The molecule has 0 atom stereocenters. The fraction of sp³-hybridized carbons (Fsp3) is 0.533. The molecule has 0 aliphatic rings. The van der Waals surface area contributed by atoms with Gasteiger partial charge < -0.3 is 10.6 Å². The van der Waals surface area contributed by atoms with Gasteiger partial charge in [-0.25, -0.2) is 0 Å². The molecule has 0 aliphatic carbocycles. The highest BCUT2D eigenvalue weighted by atomic mass is 16.1. The summed E-state index contributed by atoms with van der Waals surface area (Å²) < 4.78 is 0. The summed E-state index contributed by atoms with van der Waals surface area (Å²) in [6, 6.07) is 4.60. The van der Waals surface area contributed by atoms with Gasteiger partial charge in [-0.1, -0.05) is 31.5 Å². The smallest absolute Gasteiger partial charge is 0.225 e. The van der Waals surface area contributed by atoms with Crippen molar-refractivity contribution in [3.63, 3.8) is 0 Å². The Morgan fingerprint density at radius 1 is 1.17 bits per heavy atom. The van der Waals surface area contributed by atoms with Gasteiger partial charge in [-0.3, -0.25) is 4.79 Å². The number of amides is 1. The van der Waals surface area contributed by atoms with E-state index < -0.39 is 0 Å². The summed E-state index contributed by atoms with van der Waals surface area (Å²) >= 11 is 0. The molecule has 0 fully saturated rings. The van der Waals surface area contributed by atoms with E-state index in [4.69, 9.17) is 0 Å². The van der Waals surface area contributed by atoms with E-state index in [9.17, 15) is 4.79 Å². The maximum absolute atomic E-state index is 11.8. The molecule has 18 heavy (non-hydrogen) atoms. The van der Waals surface area contributed by atoms with Crippen LogP contribution in [0.1, 0.15) is 37.0 Å². The predicted molar refractivity (Wildman–Crippen MR) is 77.0 cm³/mol. The summed E-state index contributed by atoms with van der Waals surface area (Å²) in [7, 11) is 0. The molecule has 100 valence electrons. The van der Waals surface area contributed by atoms with Crippen LogP contribution in [0.2, 0.25) is 0 Å². The van der Waals surface area contributed by atoms with Crippen molar-refractivity contribution >= 4 is 11.6 Å². The molecule has 0 heterocycles. The first kappa shape index (κ1) is 14.7. The van der Waals surface area contributed by atoms with Crippen molar-refractivity contribution in [3.05, 3.63) is 28.8 Å². The maximum Gasteiger partial charge on any atom is 0.225 e. The van der Waals surface area contributed by atoms with E-state index in [1.54, 1.807) is 0 Å². The average molecular weight is 248 g/mol. The number of carbonyl (C=O) groups excluding carboxylic acids is 1. The van der Waals surface area contributed by atoms with Crippen molar-refractivity contribution in [2.75, 3.05) is 11.9 Å². The minimum Gasteiger partial charge on any atom is -0.326 e. The molecule has 2 N–H and O–H groups in total. The molecule has 0 unspecified atom stereocenters. The lowest BCUT2D eigenvalue weighted by Gasteiger charge is -2.13. The number of anilines is 1. The Kier molecular flexibility index (Phi) is 5.35. The van der Waals surface area contributed by atoms with Gasteiger partial charge in [-0.05, 0) is 31.9 Å². The van der Waals surface area contributed by atoms with E-state index in [1.165, 1.54) is 5.56 Å². The second-order valence-electron chi connectivity index (χ2n) is 5.18. The minimum atomic E-state index is 0.0678. The number of carbonyl (C=O) groups is 1. The molecule has 1 amide bonds. The third-order valence-electron chi connectivity index (χ3n) is 2.85. The predicted octanol–water partition coefficient (Wildman–Crippen LogP) is 2.94. The molecule has 0 radical (unpaired) electrons. The van der Waals surface area contributed by atoms with E-state index in [1.807, 2.05) is 13.8 Å². The summed E-state index contributed by atoms with van der Waals surface area (Å²) in [5.41, 5.74) is 4.43. The number of hydrogen-bond acceptors (Lipinski definition) is 2. The molecule has 3 nitrogen and oxygen atoms in total. The molecular weight excluding hydrogens is 224 g/mol. The van der Waals surface area contributed by atoms with Gasteiger partial charge in [0.1, 0.15) is 0 Å². The fourth-order valence-electron chi connectivity index (χ4n) is 2.05. The van der Waals surface area contributed by atoms with Crippen LogP contribution in [0.15, 0.2) is 12.1 Å². The zero-order chi connectivity index (χ0) is 13.7. The Morgan fingerprint density at radius 2 is 1.72 bits per heavy atom. The van der Waals surface area contributed by atoms with Crippen molar-refractivity contribution in [3.8, 4) is 0 Å². The summed E-state index contributed by atoms with van der Waals surface area (Å²) in [5, 5.41) is 6.24. The van der Waals surface area contributed by atoms with Crippen LogP contribution in [0.4, 0.5) is 5.69 Å². The molecule has 0 spiro atoms. The second-order valence-corrected chi connectivity index (χ2v) is 5.18. The van der Waals surface area contributed by atoms with Crippen molar-refractivity contribution < 1.29 is 4.79 Å². The Hall–Kier alpha value is -1.35. The lowest BCUT2D eigenvalue weighted by molar-refractivity contribution is -0.116. The fourth-order valence-corrected chi connectivity index (χ4v) is 2.05. The zero-order valence-corrected chi connectivity index (χ0v) is 12.1. The Labute approximate surface area is 110 Å². The molecular formula is C15H24N2O. The number of aryl methyl sites for hydroxylation is 3. The SMILES string of the molecule is Cc1cc(C)c(NC(=O)CCNC(C)C)c(C)c1. The van der Waals surface area contributed by atoms with Gasteiger partial charge in [-0.2, -0.15) is 0 Å². The van der Waals surface area contributed by atoms with Crippen molar-refractivity contribution in [2.45, 2.75) is 47.1 Å². The van der Waals surface area contributed by atoms with E-state index >= 15 is 0 Å². The topological polar surface area (TPSA) is 41.1 Å². The highest BCUT2D eigenvalue weighted by Crippen LogP contribution is 2.21. The molecule has 0 saturated heterocycles. The zero-order valence-electron chi connectivity index (χ0n) is 12.1. The third kappa shape index (κ3) is 4.49. The van der Waals surface area contributed by atoms with Crippen LogP contribution >= 0.6 is 0 Å². The first-order valence-electron chi connectivity index (χ1n) is 6.51. The quantitative estimate of drug-likeness (QED) is 0.841. The van der Waals surface area contributed by atoms with Gasteiger partial charge in [0, 0.05) is 24.7 Å². The monoisotopic (exact) mass is 248 g/mol. The van der Waals surface area contributed by atoms with Crippen molar-refractivity contribution in [1.82, 2.24) is 5.32 Å². The second kappa shape index (κ2) is 6.55. The summed E-state index contributed by atoms with van der Waals surface area (Å²) in [6.45, 7) is 11.0. The average Bonchev–Trinajstić information content (AvgIpc) is 2.22. The van der Waals surface area contributed by atoms with E-state index in [0.717, 1.165) is 16.8 Å². The molecule has 1 aromatic rings. The number of benzene rings is 1. The van der Waals surface area contributed by atoms with Gasteiger partial charge >= 0.3 is 0 Å². The Bertz CT molecular complexity index is 401. The van der Waals surface area contributed by atoms with Gasteiger partial charge in [-0.15, -0.1) is 0 Å². The van der Waals surface area contributed by atoms with Crippen LogP contribution in [0.25, 0.3) is 0 Å². The lowest BCUT2D eigenvalue weighted by Crippen LogP contribution is -2.27. The van der Waals surface area contributed by atoms with Crippen LogP contribution in [-0.4, -0.2) is 18.5 Å². The standard InChI is InChI=1S/C15H24N2O/c1-10(2)16-7-6-14(18)17-15-12(4)8-11(3)9-13(15)5/h8-10,16H,6-7H2,1-5H3,(H,17,18). The highest BCUT2D eigenvalue weighted by Gasteiger charge is 2.08. The lowest BCUT2D eigenvalue weighted by atomic mass is 10.1. The summed E-state index contributed by atoms with van der Waals surface area (Å²) in [4.78, 5) is 11.8. The van der Waals surface area contributed by atoms with Crippen LogP contribution in [-0.2, 0) is 4.79 Å². The van der Waals surface area contributed by atoms with Gasteiger partial charge in [0.05, 0.1) is 0 Å². The molecule has 0 aromatic heterocycles. The Morgan fingerprint density at radius 3 is 2.22 bits per heavy atom. The van der Waals surface area contributed by atoms with Crippen LogP contribution in [0.3, 0.4) is 0 Å². The first-order valence-corrected chi connectivity index (χ1v) is 6.51. The van der Waals surface area contributed by atoms with Gasteiger partial charge in [0.25, 0.3) is 0 Å². The van der Waals surface area contributed by atoms with Gasteiger partial charge in [0.2, 0.25) is 5.91 Å². The number of rotatable bonds is 5. The van der Waals surface area contributed by atoms with E-state index in [-0.39, 0.29) is 5.91 Å². The van der Waals surface area contributed by atoms with Crippen molar-refractivity contribution in [2.24, 2.45) is 0 Å². The van der Waals surface area contributed by atoms with Crippen LogP contribution < -0.4 is 10.6 Å². The minimum absolute atomic E-state index is 0.0678. The van der Waals surface area contributed by atoms with Crippen LogP contribution in [0.5, 0.6) is 0 Å². The van der Waals surface area contributed by atoms with Crippen LogP contribution in [0, 0.1) is 20.8 Å². The normalized spacial score (nSPS) is 10.8. The largest absolute Gasteiger partial charge is 0.326 e. The molecule has 0 bridgehead atoms. The summed E-state index contributed by atoms with van der Waals surface area (Å²) in [6.07, 6.45) is 0.505. The Balaban J connectivity index is 2.59. The van der Waals surface area contributed by atoms with Gasteiger partial charge in [0.15, 0.2) is 0 Å². The molecule has 0 aliphatic heterocycles.